The van der Waals surface area contributed by atoms with E-state index in [0.717, 1.165) is 16.7 Å². The van der Waals surface area contributed by atoms with E-state index in [9.17, 15) is 5.11 Å². The molecule has 0 aromatic heterocycles. The van der Waals surface area contributed by atoms with Crippen LogP contribution in [0.15, 0.2) is 36.4 Å². The Morgan fingerprint density at radius 3 is 1.75 bits per heavy atom. The van der Waals surface area contributed by atoms with Gasteiger partial charge in [-0.2, -0.15) is 0 Å². The molecule has 0 bridgehead atoms. The van der Waals surface area contributed by atoms with Crippen LogP contribution in [-0.4, -0.2) is 5.11 Å². The normalized spacial score (nSPS) is 10.4. The average Bonchev–Trinajstić information content (AvgIpc) is 2.26. The fourth-order valence-corrected chi connectivity index (χ4v) is 1.87. The van der Waals surface area contributed by atoms with Gasteiger partial charge in [0, 0.05) is 0 Å². The Morgan fingerprint density at radius 2 is 1.25 bits per heavy atom. The summed E-state index contributed by atoms with van der Waals surface area (Å²) in [5.41, 5.74) is 5.46. The van der Waals surface area contributed by atoms with Crippen LogP contribution in [0.2, 0.25) is 0 Å². The predicted octanol–water partition coefficient (Wildman–Crippen LogP) is 3.98. The largest absolute Gasteiger partial charge is 0.507 e. The number of phenols is 1. The molecule has 0 spiro atoms. The summed E-state index contributed by atoms with van der Waals surface area (Å²) in [6.45, 7) is 5.94. The summed E-state index contributed by atoms with van der Waals surface area (Å²) in [6.07, 6.45) is 0. The minimum absolute atomic E-state index is 0.399. The Balaban J connectivity index is 2.52. The van der Waals surface area contributed by atoms with Crippen LogP contribution in [0.1, 0.15) is 16.7 Å². The zero-order valence-corrected chi connectivity index (χ0v) is 9.91. The van der Waals surface area contributed by atoms with Gasteiger partial charge in [-0.15, -0.1) is 0 Å². The maximum atomic E-state index is 9.72. The topological polar surface area (TPSA) is 20.2 Å². The molecular formula is C15H16O. The Kier molecular flexibility index (Phi) is 2.69. The zero-order chi connectivity index (χ0) is 11.7. The SMILES string of the molecule is Cc1ccc(-c2cc(C)c(O)c(C)c2)cc1. The monoisotopic (exact) mass is 212 g/mol. The van der Waals surface area contributed by atoms with Gasteiger partial charge in [0.05, 0.1) is 0 Å². The Hall–Kier alpha value is -1.76. The van der Waals surface area contributed by atoms with Gasteiger partial charge in [0.1, 0.15) is 5.75 Å². The molecule has 1 N–H and O–H groups in total. The third kappa shape index (κ3) is 1.94. The molecule has 0 atom stereocenters. The van der Waals surface area contributed by atoms with Gasteiger partial charge in [-0.1, -0.05) is 29.8 Å². The number of rotatable bonds is 1. The Morgan fingerprint density at radius 1 is 0.750 bits per heavy atom. The molecular weight excluding hydrogens is 196 g/mol. The maximum absolute atomic E-state index is 9.72. The van der Waals surface area contributed by atoms with E-state index in [0.29, 0.717) is 5.75 Å². The summed E-state index contributed by atoms with van der Waals surface area (Å²) >= 11 is 0. The summed E-state index contributed by atoms with van der Waals surface area (Å²) < 4.78 is 0. The number of aryl methyl sites for hydroxylation is 3. The van der Waals surface area contributed by atoms with Crippen molar-refractivity contribution in [3.63, 3.8) is 0 Å². The molecule has 82 valence electrons. The van der Waals surface area contributed by atoms with Crippen LogP contribution in [0, 0.1) is 20.8 Å². The van der Waals surface area contributed by atoms with Gasteiger partial charge in [0.2, 0.25) is 0 Å². The minimum Gasteiger partial charge on any atom is -0.507 e. The van der Waals surface area contributed by atoms with Crippen LogP contribution in [0.3, 0.4) is 0 Å². The summed E-state index contributed by atoms with van der Waals surface area (Å²) in [6, 6.07) is 12.5. The molecule has 0 fully saturated rings. The fourth-order valence-electron chi connectivity index (χ4n) is 1.87. The van der Waals surface area contributed by atoms with Gasteiger partial charge in [-0.05, 0) is 55.2 Å². The number of benzene rings is 2. The van der Waals surface area contributed by atoms with E-state index in [1.807, 2.05) is 26.0 Å². The van der Waals surface area contributed by atoms with Crippen LogP contribution < -0.4 is 0 Å². The lowest BCUT2D eigenvalue weighted by molar-refractivity contribution is 0.467. The smallest absolute Gasteiger partial charge is 0.121 e. The lowest BCUT2D eigenvalue weighted by Gasteiger charge is -2.08. The molecule has 0 saturated carbocycles. The Bertz CT molecular complexity index is 486. The summed E-state index contributed by atoms with van der Waals surface area (Å²) in [7, 11) is 0. The van der Waals surface area contributed by atoms with Crippen molar-refractivity contribution in [2.24, 2.45) is 0 Å². The summed E-state index contributed by atoms with van der Waals surface area (Å²) in [4.78, 5) is 0. The molecule has 0 heterocycles. The first-order valence-corrected chi connectivity index (χ1v) is 5.45. The van der Waals surface area contributed by atoms with E-state index in [2.05, 4.69) is 31.2 Å². The molecule has 1 nitrogen and oxygen atoms in total. The fraction of sp³-hybridized carbons (Fsp3) is 0.200. The molecule has 0 unspecified atom stereocenters. The van der Waals surface area contributed by atoms with Crippen LogP contribution >= 0.6 is 0 Å². The molecule has 0 aliphatic heterocycles. The van der Waals surface area contributed by atoms with E-state index in [1.165, 1.54) is 11.1 Å². The first-order chi connectivity index (χ1) is 7.58. The average molecular weight is 212 g/mol. The van der Waals surface area contributed by atoms with E-state index in [-0.39, 0.29) is 0 Å². The zero-order valence-electron chi connectivity index (χ0n) is 9.91. The number of phenolic OH excluding ortho intramolecular Hbond substituents is 1. The van der Waals surface area contributed by atoms with Crippen molar-refractivity contribution < 1.29 is 5.11 Å². The van der Waals surface area contributed by atoms with Crippen molar-refractivity contribution >= 4 is 0 Å². The molecule has 0 aliphatic rings. The molecule has 16 heavy (non-hydrogen) atoms. The number of hydrogen-bond acceptors (Lipinski definition) is 1. The van der Waals surface area contributed by atoms with E-state index >= 15 is 0 Å². The first kappa shape index (κ1) is 10.7. The molecule has 0 amide bonds. The van der Waals surface area contributed by atoms with Gasteiger partial charge in [0.25, 0.3) is 0 Å². The minimum atomic E-state index is 0.399. The van der Waals surface area contributed by atoms with Crippen LogP contribution in [0.5, 0.6) is 5.75 Å². The van der Waals surface area contributed by atoms with Crippen molar-refractivity contribution in [2.45, 2.75) is 20.8 Å². The van der Waals surface area contributed by atoms with Gasteiger partial charge < -0.3 is 5.11 Å². The van der Waals surface area contributed by atoms with Gasteiger partial charge in [-0.25, -0.2) is 0 Å². The molecule has 2 aromatic rings. The predicted molar refractivity (Wildman–Crippen MR) is 67.8 cm³/mol. The molecule has 1 heteroatoms. The number of aromatic hydroxyl groups is 1. The quantitative estimate of drug-likeness (QED) is 0.758. The molecule has 0 aliphatic carbocycles. The van der Waals surface area contributed by atoms with Crippen molar-refractivity contribution in [1.82, 2.24) is 0 Å². The van der Waals surface area contributed by atoms with Crippen molar-refractivity contribution in [3.8, 4) is 16.9 Å². The van der Waals surface area contributed by atoms with Gasteiger partial charge >= 0.3 is 0 Å². The highest BCUT2D eigenvalue weighted by Gasteiger charge is 2.04. The third-order valence-corrected chi connectivity index (χ3v) is 2.88. The lowest BCUT2D eigenvalue weighted by atomic mass is 9.99. The van der Waals surface area contributed by atoms with Crippen LogP contribution in [0.4, 0.5) is 0 Å². The van der Waals surface area contributed by atoms with Crippen molar-refractivity contribution in [3.05, 3.63) is 53.1 Å². The summed E-state index contributed by atoms with van der Waals surface area (Å²) in [5, 5.41) is 9.72. The third-order valence-electron chi connectivity index (χ3n) is 2.88. The lowest BCUT2D eigenvalue weighted by Crippen LogP contribution is -1.85. The Labute approximate surface area is 96.4 Å². The van der Waals surface area contributed by atoms with Crippen molar-refractivity contribution in [2.75, 3.05) is 0 Å². The van der Waals surface area contributed by atoms with Gasteiger partial charge in [-0.3, -0.25) is 0 Å². The summed E-state index contributed by atoms with van der Waals surface area (Å²) in [5.74, 6) is 0.399. The van der Waals surface area contributed by atoms with Crippen LogP contribution in [-0.2, 0) is 0 Å². The molecule has 0 saturated heterocycles. The standard InChI is InChI=1S/C15H16O/c1-10-4-6-13(7-5-10)14-8-11(2)15(16)12(3)9-14/h4-9,16H,1-3H3. The van der Waals surface area contributed by atoms with Crippen LogP contribution in [0.25, 0.3) is 11.1 Å². The molecule has 0 radical (unpaired) electrons. The van der Waals surface area contributed by atoms with Crippen molar-refractivity contribution in [1.29, 1.82) is 0 Å². The second-order valence-electron chi connectivity index (χ2n) is 4.32. The van der Waals surface area contributed by atoms with E-state index in [1.54, 1.807) is 0 Å². The van der Waals surface area contributed by atoms with E-state index in [4.69, 9.17) is 0 Å². The van der Waals surface area contributed by atoms with E-state index < -0.39 is 0 Å². The number of hydrogen-bond donors (Lipinski definition) is 1. The molecule has 2 aromatic carbocycles. The highest BCUT2D eigenvalue weighted by Crippen LogP contribution is 2.29. The maximum Gasteiger partial charge on any atom is 0.121 e. The van der Waals surface area contributed by atoms with Gasteiger partial charge in [0.15, 0.2) is 0 Å². The molecule has 2 rings (SSSR count). The first-order valence-electron chi connectivity index (χ1n) is 5.45. The highest BCUT2D eigenvalue weighted by atomic mass is 16.3. The second kappa shape index (κ2) is 4.01. The second-order valence-corrected chi connectivity index (χ2v) is 4.32. The highest BCUT2D eigenvalue weighted by molar-refractivity contribution is 5.67.